The summed E-state index contributed by atoms with van der Waals surface area (Å²) in [6.07, 6.45) is 0.516. The van der Waals surface area contributed by atoms with Gasteiger partial charge < -0.3 is 9.47 Å². The molecule has 1 aliphatic carbocycles. The molecule has 4 nitrogen and oxygen atoms in total. The normalized spacial score (nSPS) is 17.2. The molecule has 1 aliphatic rings. The van der Waals surface area contributed by atoms with Gasteiger partial charge in [0.05, 0.1) is 6.54 Å². The monoisotopic (exact) mass is 351 g/mol. The van der Waals surface area contributed by atoms with Crippen LogP contribution in [0.4, 0.5) is 13.2 Å². The molecule has 2 aromatic rings. The molecular formula is C18H20F3N3O. The third-order valence-electron chi connectivity index (χ3n) is 4.63. The number of hydrogen-bond acceptors (Lipinski definition) is 2. The van der Waals surface area contributed by atoms with E-state index in [2.05, 4.69) is 4.98 Å². The molecule has 0 bridgehead atoms. The van der Waals surface area contributed by atoms with Crippen LogP contribution in [0, 0.1) is 5.92 Å². The van der Waals surface area contributed by atoms with Crippen molar-refractivity contribution < 1.29 is 18.0 Å². The Morgan fingerprint density at radius 3 is 2.68 bits per heavy atom. The minimum Gasteiger partial charge on any atom is -0.337 e. The van der Waals surface area contributed by atoms with Crippen LogP contribution in [0.25, 0.3) is 0 Å². The van der Waals surface area contributed by atoms with Crippen molar-refractivity contribution in [1.82, 2.24) is 14.5 Å². The number of benzene rings is 1. The first-order valence-corrected chi connectivity index (χ1v) is 8.22. The van der Waals surface area contributed by atoms with Crippen molar-refractivity contribution in [3.8, 4) is 0 Å². The molecule has 1 unspecified atom stereocenters. The lowest BCUT2D eigenvalue weighted by Crippen LogP contribution is -2.43. The maximum absolute atomic E-state index is 13.0. The summed E-state index contributed by atoms with van der Waals surface area (Å²) in [5.74, 6) is -0.429. The van der Waals surface area contributed by atoms with Crippen molar-refractivity contribution in [3.05, 3.63) is 53.6 Å². The summed E-state index contributed by atoms with van der Waals surface area (Å²) < 4.78 is 40.6. The van der Waals surface area contributed by atoms with Crippen LogP contribution in [0.2, 0.25) is 0 Å². The second kappa shape index (κ2) is 6.90. The zero-order chi connectivity index (χ0) is 18.0. The molecule has 0 spiro atoms. The average Bonchev–Trinajstić information content (AvgIpc) is 2.97. The highest BCUT2D eigenvalue weighted by Gasteiger charge is 2.36. The molecule has 1 aromatic carbocycles. The number of amides is 1. The third kappa shape index (κ3) is 4.21. The van der Waals surface area contributed by atoms with Crippen molar-refractivity contribution in [3.63, 3.8) is 0 Å². The minimum atomic E-state index is -4.44. The van der Waals surface area contributed by atoms with E-state index < -0.39 is 24.5 Å². The number of aryl methyl sites for hydroxylation is 2. The van der Waals surface area contributed by atoms with Gasteiger partial charge in [-0.15, -0.1) is 0 Å². The highest BCUT2D eigenvalue weighted by molar-refractivity contribution is 5.79. The van der Waals surface area contributed by atoms with Crippen molar-refractivity contribution in [2.45, 2.75) is 32.0 Å². The maximum atomic E-state index is 13.0. The number of imidazole rings is 1. The second-order valence-corrected chi connectivity index (χ2v) is 6.47. The molecule has 7 heteroatoms. The number of alkyl halides is 3. The Morgan fingerprint density at radius 2 is 2.04 bits per heavy atom. The van der Waals surface area contributed by atoms with Crippen LogP contribution in [0.5, 0.6) is 0 Å². The first kappa shape index (κ1) is 17.5. The highest BCUT2D eigenvalue weighted by Crippen LogP contribution is 2.28. The molecule has 1 atom stereocenters. The van der Waals surface area contributed by atoms with Crippen molar-refractivity contribution >= 4 is 5.91 Å². The summed E-state index contributed by atoms with van der Waals surface area (Å²) in [4.78, 5) is 17.8. The van der Waals surface area contributed by atoms with E-state index in [1.54, 1.807) is 17.8 Å². The first-order valence-electron chi connectivity index (χ1n) is 8.22. The van der Waals surface area contributed by atoms with Gasteiger partial charge in [-0.3, -0.25) is 4.79 Å². The average molecular weight is 351 g/mol. The molecule has 1 aromatic heterocycles. The van der Waals surface area contributed by atoms with E-state index in [4.69, 9.17) is 0 Å². The Hall–Kier alpha value is -2.31. The molecule has 134 valence electrons. The third-order valence-corrected chi connectivity index (χ3v) is 4.63. The molecule has 0 N–H and O–H groups in total. The molecule has 1 amide bonds. The lowest BCUT2D eigenvalue weighted by molar-refractivity contribution is -0.165. The summed E-state index contributed by atoms with van der Waals surface area (Å²) >= 11 is 0. The number of nitrogens with zero attached hydrogens (tertiary/aromatic N) is 3. The molecule has 0 radical (unpaired) electrons. The van der Waals surface area contributed by atoms with Gasteiger partial charge in [-0.05, 0) is 30.4 Å². The Balaban J connectivity index is 1.78. The lowest BCUT2D eigenvalue weighted by Gasteiger charge is -2.30. The Bertz CT molecular complexity index is 754. The van der Waals surface area contributed by atoms with E-state index in [1.807, 2.05) is 24.3 Å². The number of halogens is 3. The van der Waals surface area contributed by atoms with Gasteiger partial charge in [-0.2, -0.15) is 13.2 Å². The fourth-order valence-corrected chi connectivity index (χ4v) is 3.31. The predicted octanol–water partition coefficient (Wildman–Crippen LogP) is 3.12. The van der Waals surface area contributed by atoms with Crippen LogP contribution in [0.15, 0.2) is 36.7 Å². The topological polar surface area (TPSA) is 38.1 Å². The van der Waals surface area contributed by atoms with Crippen LogP contribution >= 0.6 is 0 Å². The molecule has 3 rings (SSSR count). The van der Waals surface area contributed by atoms with Gasteiger partial charge in [-0.1, -0.05) is 24.3 Å². The maximum Gasteiger partial charge on any atom is 0.406 e. The first-order chi connectivity index (χ1) is 11.8. The van der Waals surface area contributed by atoms with Gasteiger partial charge in [0.2, 0.25) is 5.91 Å². The summed E-state index contributed by atoms with van der Waals surface area (Å²) in [6, 6.07) is 7.80. The fraction of sp³-hybridized carbons (Fsp3) is 0.444. The van der Waals surface area contributed by atoms with Crippen LogP contribution < -0.4 is 0 Å². The number of carbonyl (C=O) groups excluding carboxylic acids is 1. The standard InChI is InChI=1S/C18H20F3N3O/c1-23-9-8-22-16(23)11-24(12-18(19,20)21)17(25)15-7-6-13-4-2-3-5-14(13)10-15/h2-5,8-9,15H,6-7,10-12H2,1H3. The second-order valence-electron chi connectivity index (χ2n) is 6.47. The van der Waals surface area contributed by atoms with Crippen LogP contribution in [0.1, 0.15) is 23.4 Å². The van der Waals surface area contributed by atoms with Crippen LogP contribution in [-0.4, -0.2) is 33.1 Å². The quantitative estimate of drug-likeness (QED) is 0.849. The van der Waals surface area contributed by atoms with Crippen molar-refractivity contribution in [2.75, 3.05) is 6.54 Å². The van der Waals surface area contributed by atoms with E-state index in [-0.39, 0.29) is 6.54 Å². The van der Waals surface area contributed by atoms with Gasteiger partial charge in [0.15, 0.2) is 0 Å². The van der Waals surface area contributed by atoms with E-state index in [9.17, 15) is 18.0 Å². The molecule has 25 heavy (non-hydrogen) atoms. The Labute approximate surface area is 144 Å². The van der Waals surface area contributed by atoms with Crippen LogP contribution in [-0.2, 0) is 31.2 Å². The van der Waals surface area contributed by atoms with Gasteiger partial charge in [-0.25, -0.2) is 4.98 Å². The number of fused-ring (bicyclic) bond motifs is 1. The van der Waals surface area contributed by atoms with Crippen molar-refractivity contribution in [2.24, 2.45) is 13.0 Å². The fourth-order valence-electron chi connectivity index (χ4n) is 3.31. The van der Waals surface area contributed by atoms with E-state index in [0.29, 0.717) is 18.7 Å². The Kier molecular flexibility index (Phi) is 4.83. The van der Waals surface area contributed by atoms with Gasteiger partial charge in [0, 0.05) is 25.4 Å². The minimum absolute atomic E-state index is 0.139. The van der Waals surface area contributed by atoms with E-state index >= 15 is 0 Å². The summed E-state index contributed by atoms with van der Waals surface area (Å²) in [5.41, 5.74) is 2.23. The Morgan fingerprint density at radius 1 is 1.32 bits per heavy atom. The lowest BCUT2D eigenvalue weighted by atomic mass is 9.83. The van der Waals surface area contributed by atoms with E-state index in [0.717, 1.165) is 16.9 Å². The molecule has 0 saturated carbocycles. The highest BCUT2D eigenvalue weighted by atomic mass is 19.4. The number of hydrogen-bond donors (Lipinski definition) is 0. The summed E-state index contributed by atoms with van der Waals surface area (Å²) in [6.45, 7) is -1.39. The van der Waals surface area contributed by atoms with Gasteiger partial charge >= 0.3 is 6.18 Å². The zero-order valence-electron chi connectivity index (χ0n) is 14.0. The zero-order valence-corrected chi connectivity index (χ0v) is 14.0. The predicted molar refractivity (Wildman–Crippen MR) is 86.6 cm³/mol. The SMILES string of the molecule is Cn1ccnc1CN(CC(F)(F)F)C(=O)C1CCc2ccccc2C1. The van der Waals surface area contributed by atoms with E-state index in [1.165, 1.54) is 11.8 Å². The molecule has 0 saturated heterocycles. The summed E-state index contributed by atoms with van der Waals surface area (Å²) in [7, 11) is 1.70. The number of carbonyl (C=O) groups is 1. The molecular weight excluding hydrogens is 331 g/mol. The van der Waals surface area contributed by atoms with Crippen LogP contribution in [0.3, 0.4) is 0 Å². The number of aromatic nitrogens is 2. The van der Waals surface area contributed by atoms with Gasteiger partial charge in [0.25, 0.3) is 0 Å². The molecule has 0 aliphatic heterocycles. The van der Waals surface area contributed by atoms with Gasteiger partial charge in [0.1, 0.15) is 12.4 Å². The largest absolute Gasteiger partial charge is 0.406 e. The molecule has 0 fully saturated rings. The van der Waals surface area contributed by atoms with Crippen molar-refractivity contribution in [1.29, 1.82) is 0 Å². The summed E-state index contributed by atoms with van der Waals surface area (Å²) in [5, 5.41) is 0. The number of rotatable bonds is 4. The molecule has 1 heterocycles. The smallest absolute Gasteiger partial charge is 0.337 e.